The Bertz CT molecular complexity index is 444. The molecule has 0 saturated heterocycles. The van der Waals surface area contributed by atoms with Crippen LogP contribution < -0.4 is 10.1 Å². The number of amides is 1. The van der Waals surface area contributed by atoms with Crippen LogP contribution in [0.2, 0.25) is 0 Å². The molecule has 0 aliphatic heterocycles. The van der Waals surface area contributed by atoms with E-state index in [0.717, 1.165) is 5.69 Å². The van der Waals surface area contributed by atoms with Crippen molar-refractivity contribution in [1.82, 2.24) is 10.2 Å². The number of nitrogens with one attached hydrogen (secondary N) is 1. The van der Waals surface area contributed by atoms with E-state index in [0.29, 0.717) is 5.19 Å². The summed E-state index contributed by atoms with van der Waals surface area (Å²) in [7, 11) is 0. The van der Waals surface area contributed by atoms with Gasteiger partial charge in [0.05, 0.1) is 0 Å². The fraction of sp³-hybridized carbons (Fsp3) is 0.100. The second kappa shape index (κ2) is 5.22. The molecule has 0 bridgehead atoms. The molecule has 0 spiro atoms. The molecule has 0 aliphatic carbocycles. The summed E-state index contributed by atoms with van der Waals surface area (Å²) >= 11 is 1.25. The fourth-order valence-corrected chi connectivity index (χ4v) is 1.48. The average molecular weight is 235 g/mol. The van der Waals surface area contributed by atoms with Crippen LogP contribution in [0, 0.1) is 0 Å². The number of carbonyl (C=O) groups excluding carboxylic acids is 1. The number of ether oxygens (including phenoxy) is 1. The third kappa shape index (κ3) is 3.03. The maximum Gasteiger partial charge on any atom is 0.294 e. The molecular weight excluding hydrogens is 226 g/mol. The van der Waals surface area contributed by atoms with E-state index in [1.807, 2.05) is 30.3 Å². The SMILES string of the molecule is O=C(COc1nncs1)Nc1ccccc1. The first kappa shape index (κ1) is 10.6. The predicted molar refractivity (Wildman–Crippen MR) is 60.5 cm³/mol. The van der Waals surface area contributed by atoms with Gasteiger partial charge in [0.2, 0.25) is 0 Å². The predicted octanol–water partition coefficient (Wildman–Crippen LogP) is 1.56. The van der Waals surface area contributed by atoms with Crippen molar-refractivity contribution in [2.45, 2.75) is 0 Å². The van der Waals surface area contributed by atoms with Crippen molar-refractivity contribution >= 4 is 22.9 Å². The number of nitrogens with zero attached hydrogens (tertiary/aromatic N) is 2. The van der Waals surface area contributed by atoms with E-state index in [1.165, 1.54) is 11.3 Å². The Balaban J connectivity index is 1.81. The molecule has 1 aromatic heterocycles. The Morgan fingerprint density at radius 2 is 2.19 bits per heavy atom. The Morgan fingerprint density at radius 1 is 1.38 bits per heavy atom. The number of aromatic nitrogens is 2. The monoisotopic (exact) mass is 235 g/mol. The molecule has 5 nitrogen and oxygen atoms in total. The van der Waals surface area contributed by atoms with Crippen LogP contribution >= 0.6 is 11.3 Å². The van der Waals surface area contributed by atoms with Gasteiger partial charge in [0.25, 0.3) is 11.1 Å². The number of hydrogen-bond donors (Lipinski definition) is 1. The average Bonchev–Trinajstić information content (AvgIpc) is 2.81. The topological polar surface area (TPSA) is 64.1 Å². The van der Waals surface area contributed by atoms with Crippen LogP contribution in [0.25, 0.3) is 0 Å². The van der Waals surface area contributed by atoms with Gasteiger partial charge in [-0.25, -0.2) is 0 Å². The number of rotatable bonds is 4. The lowest BCUT2D eigenvalue weighted by molar-refractivity contribution is -0.118. The molecule has 0 fully saturated rings. The highest BCUT2D eigenvalue weighted by molar-refractivity contribution is 7.11. The van der Waals surface area contributed by atoms with Gasteiger partial charge in [-0.15, -0.1) is 10.2 Å². The quantitative estimate of drug-likeness (QED) is 0.873. The molecule has 2 rings (SSSR count). The molecule has 0 aliphatic rings. The van der Waals surface area contributed by atoms with Gasteiger partial charge in [-0.1, -0.05) is 29.5 Å². The lowest BCUT2D eigenvalue weighted by Gasteiger charge is -2.04. The third-order valence-electron chi connectivity index (χ3n) is 1.72. The van der Waals surface area contributed by atoms with Gasteiger partial charge in [-0.2, -0.15) is 0 Å². The van der Waals surface area contributed by atoms with Crippen LogP contribution in [0.1, 0.15) is 0 Å². The minimum Gasteiger partial charge on any atom is -0.459 e. The van der Waals surface area contributed by atoms with E-state index in [1.54, 1.807) is 5.51 Å². The molecule has 16 heavy (non-hydrogen) atoms. The molecule has 0 radical (unpaired) electrons. The highest BCUT2D eigenvalue weighted by Crippen LogP contribution is 2.11. The summed E-state index contributed by atoms with van der Waals surface area (Å²) in [5, 5.41) is 10.3. The lowest BCUT2D eigenvalue weighted by atomic mass is 10.3. The van der Waals surface area contributed by atoms with E-state index in [-0.39, 0.29) is 12.5 Å². The van der Waals surface area contributed by atoms with Crippen molar-refractivity contribution in [2.24, 2.45) is 0 Å². The molecular formula is C10H9N3O2S. The van der Waals surface area contributed by atoms with Gasteiger partial charge < -0.3 is 10.1 Å². The maximum absolute atomic E-state index is 11.4. The molecule has 82 valence electrons. The maximum atomic E-state index is 11.4. The van der Waals surface area contributed by atoms with Crippen LogP contribution in [0.5, 0.6) is 5.19 Å². The molecule has 1 amide bonds. The van der Waals surface area contributed by atoms with Crippen LogP contribution in [-0.2, 0) is 4.79 Å². The lowest BCUT2D eigenvalue weighted by Crippen LogP contribution is -2.19. The van der Waals surface area contributed by atoms with Gasteiger partial charge in [0.1, 0.15) is 5.51 Å². The standard InChI is InChI=1S/C10H9N3O2S/c14-9(6-15-10-13-11-7-16-10)12-8-4-2-1-3-5-8/h1-5,7H,6H2,(H,12,14). The summed E-state index contributed by atoms with van der Waals surface area (Å²) < 4.78 is 5.11. The number of para-hydroxylation sites is 1. The second-order valence-corrected chi connectivity index (χ2v) is 3.70. The van der Waals surface area contributed by atoms with Crippen molar-refractivity contribution in [3.05, 3.63) is 35.8 Å². The minimum atomic E-state index is -0.221. The molecule has 0 atom stereocenters. The molecule has 0 saturated carbocycles. The van der Waals surface area contributed by atoms with Gasteiger partial charge in [0, 0.05) is 5.69 Å². The highest BCUT2D eigenvalue weighted by atomic mass is 32.1. The Kier molecular flexibility index (Phi) is 3.45. The minimum absolute atomic E-state index is 0.0654. The molecule has 1 aromatic carbocycles. The summed E-state index contributed by atoms with van der Waals surface area (Å²) in [4.78, 5) is 11.4. The highest BCUT2D eigenvalue weighted by Gasteiger charge is 2.04. The van der Waals surface area contributed by atoms with Crippen molar-refractivity contribution in [3.8, 4) is 5.19 Å². The van der Waals surface area contributed by atoms with Crippen molar-refractivity contribution < 1.29 is 9.53 Å². The van der Waals surface area contributed by atoms with Crippen molar-refractivity contribution in [2.75, 3.05) is 11.9 Å². The van der Waals surface area contributed by atoms with Crippen molar-refractivity contribution in [3.63, 3.8) is 0 Å². The Hall–Kier alpha value is -1.95. The zero-order valence-electron chi connectivity index (χ0n) is 8.29. The molecule has 2 aromatic rings. The normalized spacial score (nSPS) is 9.75. The molecule has 6 heteroatoms. The van der Waals surface area contributed by atoms with Crippen LogP contribution in [-0.4, -0.2) is 22.7 Å². The number of benzene rings is 1. The Morgan fingerprint density at radius 3 is 2.88 bits per heavy atom. The largest absolute Gasteiger partial charge is 0.459 e. The number of carbonyl (C=O) groups is 1. The summed E-state index contributed by atoms with van der Waals surface area (Å²) in [5.74, 6) is -0.221. The van der Waals surface area contributed by atoms with Crippen LogP contribution in [0.4, 0.5) is 5.69 Å². The third-order valence-corrected chi connectivity index (χ3v) is 2.33. The van der Waals surface area contributed by atoms with E-state index < -0.39 is 0 Å². The molecule has 0 unspecified atom stereocenters. The van der Waals surface area contributed by atoms with E-state index in [2.05, 4.69) is 15.5 Å². The zero-order chi connectivity index (χ0) is 11.2. The number of hydrogen-bond acceptors (Lipinski definition) is 5. The van der Waals surface area contributed by atoms with Gasteiger partial charge >= 0.3 is 0 Å². The van der Waals surface area contributed by atoms with Crippen LogP contribution in [0.15, 0.2) is 35.8 Å². The first-order chi connectivity index (χ1) is 7.84. The fourth-order valence-electron chi connectivity index (χ4n) is 1.07. The molecule has 1 N–H and O–H groups in total. The first-order valence-electron chi connectivity index (χ1n) is 4.58. The zero-order valence-corrected chi connectivity index (χ0v) is 9.11. The Labute approximate surface area is 96.1 Å². The molecule has 1 heterocycles. The number of anilines is 1. The van der Waals surface area contributed by atoms with E-state index in [4.69, 9.17) is 4.74 Å². The second-order valence-electron chi connectivity index (χ2n) is 2.91. The summed E-state index contributed by atoms with van der Waals surface area (Å²) in [6.45, 7) is -0.0654. The smallest absolute Gasteiger partial charge is 0.294 e. The van der Waals surface area contributed by atoms with E-state index in [9.17, 15) is 4.79 Å². The summed E-state index contributed by atoms with van der Waals surface area (Å²) in [6, 6.07) is 9.20. The van der Waals surface area contributed by atoms with Crippen LogP contribution in [0.3, 0.4) is 0 Å². The van der Waals surface area contributed by atoms with Gasteiger partial charge in [-0.05, 0) is 12.1 Å². The summed E-state index contributed by atoms with van der Waals surface area (Å²) in [6.07, 6.45) is 0. The van der Waals surface area contributed by atoms with E-state index >= 15 is 0 Å². The van der Waals surface area contributed by atoms with Crippen molar-refractivity contribution in [1.29, 1.82) is 0 Å². The van der Waals surface area contributed by atoms with Gasteiger partial charge in [-0.3, -0.25) is 4.79 Å². The van der Waals surface area contributed by atoms with Gasteiger partial charge in [0.15, 0.2) is 6.61 Å². The first-order valence-corrected chi connectivity index (χ1v) is 5.46. The summed E-state index contributed by atoms with van der Waals surface area (Å²) in [5.41, 5.74) is 2.29.